The number of hydroxylamine groups is 10. The average Bonchev–Trinajstić information content (AvgIpc) is 1.68. The van der Waals surface area contributed by atoms with Gasteiger partial charge in [-0.1, -0.05) is 192 Å². The fourth-order valence-corrected chi connectivity index (χ4v) is 15.6. The van der Waals surface area contributed by atoms with Crippen LogP contribution in [0.5, 0.6) is 0 Å². The second-order valence-electron chi connectivity index (χ2n) is 40.7. The van der Waals surface area contributed by atoms with Crippen LogP contribution in [0.15, 0.2) is 61.4 Å². The van der Waals surface area contributed by atoms with Gasteiger partial charge in [0.2, 0.25) is 61.6 Å². The van der Waals surface area contributed by atoms with E-state index in [0.29, 0.717) is 118 Å². The first kappa shape index (κ1) is 146. The Morgan fingerprint density at radius 3 is 0.633 bits per heavy atom. The van der Waals surface area contributed by atoms with Crippen molar-refractivity contribution >= 4 is 121 Å². The molecule has 10 aliphatic rings. The summed E-state index contributed by atoms with van der Waals surface area (Å²) in [5.74, 6) is -3.63. The molecule has 10 fully saturated rings. The van der Waals surface area contributed by atoms with Crippen molar-refractivity contribution in [1.29, 1.82) is 0 Å². The highest BCUT2D eigenvalue weighted by Crippen LogP contribution is 2.31. The molecule has 860 valence electrons. The maximum Gasteiger partial charge on any atom is 0.334 e. The largest absolute Gasteiger partial charge is 0.372 e. The maximum atomic E-state index is 11.8. The van der Waals surface area contributed by atoms with Gasteiger partial charge in [-0.25, -0.2) is 19.2 Å². The average molecular weight is 2180 g/mol. The number of nitrogens with two attached hydrogens (primary N) is 4. The number of rotatable bonds is 34. The molecule has 15 amide bonds. The quantitative estimate of drug-likeness (QED) is 0.0125. The van der Waals surface area contributed by atoms with Gasteiger partial charge in [-0.2, -0.15) is 0 Å². The second-order valence-corrected chi connectivity index (χ2v) is 40.7. The van der Waals surface area contributed by atoms with E-state index in [1.54, 1.807) is 0 Å². The molecule has 10 aliphatic heterocycles. The summed E-state index contributed by atoms with van der Waals surface area (Å²) in [5.41, 5.74) is 23.9. The van der Waals surface area contributed by atoms with Crippen LogP contribution in [-0.4, -0.2) is 306 Å². The Balaban J connectivity index is -0.000000514. The number of hydrogen-bond donors (Lipinski definition) is 10. The summed E-state index contributed by atoms with van der Waals surface area (Å²) in [6.07, 6.45) is 17.0. The first-order chi connectivity index (χ1) is 70.3. The van der Waals surface area contributed by atoms with Crippen LogP contribution in [0.3, 0.4) is 0 Å². The molecule has 0 saturated carbocycles. The minimum absolute atomic E-state index is 0.0146. The van der Waals surface area contributed by atoms with E-state index in [1.165, 1.54) is 0 Å². The van der Waals surface area contributed by atoms with Crippen molar-refractivity contribution in [2.24, 2.45) is 50.0 Å². The lowest BCUT2D eigenvalue weighted by Gasteiger charge is -2.30. The third-order valence-electron chi connectivity index (χ3n) is 21.4. The number of hydrogen-bond acceptors (Lipinski definition) is 30. The Kier molecular flexibility index (Phi) is 78.8. The van der Waals surface area contributed by atoms with Gasteiger partial charge in [0.15, 0.2) is 0 Å². The Bertz CT molecular complexity index is 3700. The van der Waals surface area contributed by atoms with Crippen LogP contribution in [-0.2, 0) is 120 Å². The molecule has 45 nitrogen and oxygen atoms in total. The molecule has 0 radical (unpaired) electrons. The number of carbonyl (C=O) groups excluding carboxylic acids is 20. The summed E-state index contributed by atoms with van der Waals surface area (Å²) in [7, 11) is 0. The molecule has 5 unspecified atom stereocenters. The number of nitrogens with zero attached hydrogens (tertiary/aromatic N) is 10. The molecule has 150 heavy (non-hydrogen) atoms. The van der Waals surface area contributed by atoms with E-state index < -0.39 is 23.9 Å². The molecule has 0 aromatic heterocycles. The molecule has 10 rings (SSSR count). The molecular weight excluding hydrogens is 1990 g/mol. The Labute approximate surface area is 892 Å². The third kappa shape index (κ3) is 66.5. The van der Waals surface area contributed by atoms with Crippen LogP contribution in [0, 0.1) is 27.1 Å². The highest BCUT2D eigenvalue weighted by atomic mass is 16.8. The number of primary amides is 4. The lowest BCUT2D eigenvalue weighted by molar-refractivity contribution is -0.186. The molecule has 10 heterocycles. The molecule has 10 saturated heterocycles. The molecule has 0 aromatic carbocycles. The lowest BCUT2D eigenvalue weighted by atomic mass is 10.1. The van der Waals surface area contributed by atoms with Crippen molar-refractivity contribution in [2.45, 2.75) is 357 Å². The highest BCUT2D eigenvalue weighted by Gasteiger charge is 2.39. The van der Waals surface area contributed by atoms with Gasteiger partial charge in [0.25, 0.3) is 29.5 Å². The van der Waals surface area contributed by atoms with Gasteiger partial charge in [-0.05, 0) is 170 Å². The summed E-state index contributed by atoms with van der Waals surface area (Å²) < 4.78 is 0. The predicted molar refractivity (Wildman–Crippen MR) is 573 cm³/mol. The van der Waals surface area contributed by atoms with Crippen LogP contribution in [0.1, 0.15) is 327 Å². The number of carbonyl (C=O) groups is 20. The number of allylic oxidation sites excluding steroid dienone is 5. The minimum Gasteiger partial charge on any atom is -0.372 e. The van der Waals surface area contributed by atoms with Crippen LogP contribution in [0.2, 0.25) is 0 Å². The van der Waals surface area contributed by atoms with Gasteiger partial charge in [-0.15, -0.1) is 25.3 Å². The first-order valence-electron chi connectivity index (χ1n) is 52.3. The zero-order valence-corrected chi connectivity index (χ0v) is 95.2. The van der Waals surface area contributed by atoms with Crippen LogP contribution in [0.4, 0.5) is 0 Å². The van der Waals surface area contributed by atoms with Crippen LogP contribution < -0.4 is 54.8 Å². The Hall–Kier alpha value is -12.1. The van der Waals surface area contributed by atoms with Gasteiger partial charge in [0, 0.05) is 104 Å². The van der Waals surface area contributed by atoms with Crippen molar-refractivity contribution in [1.82, 2.24) is 81.7 Å². The van der Waals surface area contributed by atoms with E-state index in [9.17, 15) is 91.1 Å². The van der Waals surface area contributed by atoms with E-state index in [2.05, 4.69) is 204 Å². The standard InChI is InChI=1S/2C12H24N2O.3C10H20N2O.4C9H12N2O4.C6H7NO3.4C2H6.CH3NO/c2*1-5-13-11(15)10-7-6-8-14(10)9-12(2,3)4;3*1-10(2,3)7-12-6-4-5-8(12)9(11)13;4*1-7-2-3-8(13)11(7)15-9(14)4-5-10-6-12;1-5-2-3-6(9)7(5)10-4-8;4*1-2;2-1-3/h2*10H,5-9H2,1-4H3,(H,13,15);3*8H,4-7H2,1-3H3,(H2,11,13);4*6H,1-5H2,(H,10,12);4H,1-3H2;4*1-2H3;1H,(H2,2,3)/i1+1,2+1,3+1,4+1,9+1,12+1,14+1;1+1,9+1,10+1,14+1;1+1,2+1,3+1,7+1,10+1,11+1;7+1,8+1,10+1,12+1;7+1,8+1,10+1,11+1;3*6+1,9+1,10+1;6+1,10+1;4+1;5*1+1,2+1. The summed E-state index contributed by atoms with van der Waals surface area (Å²) >= 11 is 0. The van der Waals surface area contributed by atoms with Crippen molar-refractivity contribution in [3.8, 4) is 0 Å². The van der Waals surface area contributed by atoms with Gasteiger partial charge < -0.3 is 79.0 Å². The molecule has 0 spiro atoms. The van der Waals surface area contributed by atoms with Crippen molar-refractivity contribution in [3.63, 3.8) is 0 Å². The fourth-order valence-electron chi connectivity index (χ4n) is 15.6. The van der Waals surface area contributed by atoms with E-state index in [1.807, 2.05) is 69.2 Å². The molecule has 0 aliphatic carbocycles. The minimum atomic E-state index is -0.569. The highest BCUT2D eigenvalue weighted by molar-refractivity contribution is 5.86. The topological polar surface area (TPSA) is 596 Å². The summed E-state index contributed by atoms with van der Waals surface area (Å²) in [4.78, 5) is 249. The fraction of sp³-hybridized carbons (Fsp3) is 0.714. The Morgan fingerprint density at radius 1 is 0.313 bits per heavy atom. The van der Waals surface area contributed by atoms with Gasteiger partial charge in [-0.3, -0.25) is 101 Å². The maximum absolute atomic E-state index is 11.8. The molecule has 45 heteroatoms. The van der Waals surface area contributed by atoms with Crippen molar-refractivity contribution in [2.75, 3.05) is 105 Å². The number of likely N-dealkylation sites (tertiary alicyclic amines) is 5. The zero-order chi connectivity index (χ0) is 116. The SMILES string of the molecule is C=C1CCC(=O)N1OC(=O)CC[15NH][13CH]=O.C=C1CCC(=O)N1O[13CH]=O.C=C1CCC(=O)N1O[13C](=O)CC[15NH][13CH]=O.C=C1CCC(=O)N1O[13C](=O)CC[15NH][13CH]=O.C=C1CCC(=O)N1O[13C](=O)CC[15NH][13CH]=O.CC(C)(C)[13CH2][15N]1CCC[13CH]1C(=O)NC[13CH3].C[13C](C)(C)[13CH2]N1CCC[13CH]1C([15NH2])=O.C[13C](C)(C)[13CH2][15N]1CCC[13CH]1C(N)=O.[13CH3]CNC(=O)C1CCC[15N]1[13CH2][13C]([13CH3])([13CH3])[13CH3].[13CH3][13CH3].[13CH3][13CH3].[13CH3][13CH3].[13CH3][13CH3].[13CH3][13C]([13CH3])([13CH3])[13CH2]N1CCCC1C([15NH2])=O.[15NH2][13CH]=O. The molecule has 5 atom stereocenters. The summed E-state index contributed by atoms with van der Waals surface area (Å²) in [6, 6.07) is 0.186. The van der Waals surface area contributed by atoms with E-state index in [0.717, 1.165) is 168 Å². The third-order valence-corrected chi connectivity index (χ3v) is 21.4. The van der Waals surface area contributed by atoms with Gasteiger partial charge in [0.1, 0.15) is 0 Å². The number of likely N-dealkylation sites (N-methyl/N-ethyl adjacent to an activating group) is 2. The molecule has 0 bridgehead atoms. The molecule has 0 aromatic rings. The van der Waals surface area contributed by atoms with Crippen LogP contribution >= 0.6 is 0 Å². The zero-order valence-electron chi connectivity index (χ0n) is 95.2. The van der Waals surface area contributed by atoms with E-state index in [-0.39, 0.29) is 181 Å². The number of amides is 15. The van der Waals surface area contributed by atoms with Gasteiger partial charge >= 0.3 is 30.3 Å². The van der Waals surface area contributed by atoms with Gasteiger partial charge in [0.05, 0.1) is 84.4 Å². The van der Waals surface area contributed by atoms with Crippen LogP contribution in [0.25, 0.3) is 0 Å². The molecular formula is C105H190N20O25. The monoisotopic (exact) mass is 2180 g/mol. The van der Waals surface area contributed by atoms with E-state index >= 15 is 0 Å². The van der Waals surface area contributed by atoms with E-state index in [4.69, 9.17) is 41.3 Å². The normalized spacial score (nSPS) is 18.7. The smallest absolute Gasteiger partial charge is 0.334 e. The second kappa shape index (κ2) is 80.8. The predicted octanol–water partition coefficient (Wildman–Crippen LogP) is 8.50. The number of nitrogens with one attached hydrogen (secondary N) is 6. The Morgan fingerprint density at radius 2 is 0.487 bits per heavy atom. The molecule has 14 N–H and O–H groups in total. The lowest BCUT2D eigenvalue weighted by Crippen LogP contribution is -2.45. The van der Waals surface area contributed by atoms with Crippen molar-refractivity contribution in [3.05, 3.63) is 61.4 Å². The van der Waals surface area contributed by atoms with Crippen molar-refractivity contribution < 1.29 is 120 Å². The summed E-state index contributed by atoms with van der Waals surface area (Å²) in [5, 5.41) is 19.7. The summed E-state index contributed by atoms with van der Waals surface area (Å²) in [6.45, 7) is 83.4. The first-order valence-corrected chi connectivity index (χ1v) is 52.3.